The van der Waals surface area contributed by atoms with Gasteiger partial charge in [0.25, 0.3) is 0 Å². The SMILES string of the molecule is C1=C2[C@H]3Cc4cccc5c4[C@@]2(CCCN3)C(CC1)O5. The Bertz CT molecular complexity index is 591. The zero-order valence-corrected chi connectivity index (χ0v) is 11.1. The Labute approximate surface area is 113 Å². The van der Waals surface area contributed by atoms with Crippen molar-refractivity contribution in [1.82, 2.24) is 5.32 Å². The molecule has 0 radical (unpaired) electrons. The number of hydrogen-bond acceptors (Lipinski definition) is 2. The van der Waals surface area contributed by atoms with Crippen molar-refractivity contribution in [3.8, 4) is 5.75 Å². The summed E-state index contributed by atoms with van der Waals surface area (Å²) in [7, 11) is 0. The summed E-state index contributed by atoms with van der Waals surface area (Å²) in [4.78, 5) is 0. The second-order valence-electron chi connectivity index (χ2n) is 6.42. The highest BCUT2D eigenvalue weighted by Crippen LogP contribution is 2.58. The first kappa shape index (κ1) is 10.5. The molecule has 0 aromatic heterocycles. The second kappa shape index (κ2) is 3.43. The van der Waals surface area contributed by atoms with Crippen molar-refractivity contribution in [3.05, 3.63) is 41.0 Å². The Balaban J connectivity index is 1.87. The van der Waals surface area contributed by atoms with Crippen molar-refractivity contribution in [2.75, 3.05) is 6.54 Å². The molecule has 2 aliphatic heterocycles. The van der Waals surface area contributed by atoms with Crippen molar-refractivity contribution < 1.29 is 4.74 Å². The van der Waals surface area contributed by atoms with Crippen LogP contribution in [-0.4, -0.2) is 18.7 Å². The predicted molar refractivity (Wildman–Crippen MR) is 74.6 cm³/mol. The summed E-state index contributed by atoms with van der Waals surface area (Å²) in [6, 6.07) is 7.22. The van der Waals surface area contributed by atoms with Gasteiger partial charge in [0.05, 0.1) is 5.41 Å². The highest BCUT2D eigenvalue weighted by atomic mass is 16.5. The summed E-state index contributed by atoms with van der Waals surface area (Å²) in [6.07, 6.45) is 8.96. The Kier molecular flexibility index (Phi) is 1.89. The van der Waals surface area contributed by atoms with E-state index < -0.39 is 0 Å². The third-order valence-electron chi connectivity index (χ3n) is 5.62. The van der Waals surface area contributed by atoms with Crippen LogP contribution < -0.4 is 10.1 Å². The average Bonchev–Trinajstić information content (AvgIpc) is 2.70. The molecule has 2 bridgehead atoms. The zero-order chi connectivity index (χ0) is 12.4. The maximum atomic E-state index is 6.37. The lowest BCUT2D eigenvalue weighted by atomic mass is 9.59. The van der Waals surface area contributed by atoms with Crippen LogP contribution in [0.3, 0.4) is 0 Å². The lowest BCUT2D eigenvalue weighted by Gasteiger charge is -2.45. The molecule has 1 spiro atoms. The molecular formula is C17H19NO. The standard InChI is InChI=1S/C17H19NO/c1-4-11-10-13-12-5-2-7-15-17(12,8-3-9-18-13)16(11)14(6-1)19-15/h1,4-6,13,15,18H,2-3,7-10H2/t13-,15?,17-/m1/s1. The van der Waals surface area contributed by atoms with Crippen molar-refractivity contribution >= 4 is 0 Å². The minimum absolute atomic E-state index is 0.219. The molecule has 2 aliphatic carbocycles. The fourth-order valence-electron chi connectivity index (χ4n) is 5.01. The van der Waals surface area contributed by atoms with Gasteiger partial charge in [-0.25, -0.2) is 0 Å². The quantitative estimate of drug-likeness (QED) is 0.718. The first-order valence-corrected chi connectivity index (χ1v) is 7.62. The molecular weight excluding hydrogens is 234 g/mol. The number of nitrogens with one attached hydrogen (secondary N) is 1. The number of allylic oxidation sites excluding steroid dienone is 1. The van der Waals surface area contributed by atoms with Crippen LogP contribution in [-0.2, 0) is 11.8 Å². The molecule has 1 aromatic carbocycles. The topological polar surface area (TPSA) is 21.3 Å². The summed E-state index contributed by atoms with van der Waals surface area (Å²) >= 11 is 0. The molecule has 1 fully saturated rings. The Morgan fingerprint density at radius 2 is 2.32 bits per heavy atom. The largest absolute Gasteiger partial charge is 0.489 e. The first-order valence-electron chi connectivity index (χ1n) is 7.62. The van der Waals surface area contributed by atoms with E-state index >= 15 is 0 Å². The molecule has 1 aromatic rings. The third-order valence-corrected chi connectivity index (χ3v) is 5.62. The molecule has 19 heavy (non-hydrogen) atoms. The molecule has 4 aliphatic rings. The molecule has 2 heteroatoms. The van der Waals surface area contributed by atoms with Gasteiger partial charge in [-0.2, -0.15) is 0 Å². The van der Waals surface area contributed by atoms with Crippen molar-refractivity contribution in [1.29, 1.82) is 0 Å². The maximum absolute atomic E-state index is 6.37. The van der Waals surface area contributed by atoms with E-state index in [0.29, 0.717) is 12.1 Å². The fourth-order valence-corrected chi connectivity index (χ4v) is 5.01. The molecule has 2 heterocycles. The van der Waals surface area contributed by atoms with Crippen molar-refractivity contribution in [2.45, 2.75) is 49.7 Å². The monoisotopic (exact) mass is 253 g/mol. The normalized spacial score (nSPS) is 38.0. The van der Waals surface area contributed by atoms with Crippen LogP contribution in [0.2, 0.25) is 0 Å². The van der Waals surface area contributed by atoms with E-state index in [1.54, 1.807) is 11.1 Å². The fraction of sp³-hybridized carbons (Fsp3) is 0.529. The summed E-state index contributed by atoms with van der Waals surface area (Å²) in [5.74, 6) is 1.18. The van der Waals surface area contributed by atoms with Crippen LogP contribution in [0, 0.1) is 0 Å². The first-order chi connectivity index (χ1) is 9.39. The van der Waals surface area contributed by atoms with Gasteiger partial charge in [0.2, 0.25) is 0 Å². The predicted octanol–water partition coefficient (Wildman–Crippen LogP) is 2.71. The highest BCUT2D eigenvalue weighted by Gasteiger charge is 2.57. The van der Waals surface area contributed by atoms with Gasteiger partial charge in [-0.15, -0.1) is 0 Å². The van der Waals surface area contributed by atoms with Gasteiger partial charge >= 0.3 is 0 Å². The van der Waals surface area contributed by atoms with Crippen LogP contribution in [0.4, 0.5) is 0 Å². The van der Waals surface area contributed by atoms with Crippen LogP contribution in [0.5, 0.6) is 5.75 Å². The van der Waals surface area contributed by atoms with E-state index in [2.05, 4.69) is 29.6 Å². The Morgan fingerprint density at radius 3 is 3.32 bits per heavy atom. The second-order valence-corrected chi connectivity index (χ2v) is 6.42. The van der Waals surface area contributed by atoms with E-state index in [1.165, 1.54) is 37.0 Å². The van der Waals surface area contributed by atoms with Gasteiger partial charge in [0.15, 0.2) is 0 Å². The Hall–Kier alpha value is -1.28. The van der Waals surface area contributed by atoms with Gasteiger partial charge in [-0.1, -0.05) is 18.2 Å². The van der Waals surface area contributed by atoms with E-state index in [4.69, 9.17) is 4.74 Å². The minimum Gasteiger partial charge on any atom is -0.489 e. The third kappa shape index (κ3) is 1.13. The number of hydrogen-bond donors (Lipinski definition) is 1. The summed E-state index contributed by atoms with van der Waals surface area (Å²) < 4.78 is 6.37. The van der Waals surface area contributed by atoms with E-state index in [-0.39, 0.29) is 5.41 Å². The summed E-state index contributed by atoms with van der Waals surface area (Å²) in [5, 5.41) is 3.77. The van der Waals surface area contributed by atoms with Gasteiger partial charge in [0.1, 0.15) is 11.9 Å². The molecule has 1 N–H and O–H groups in total. The molecule has 1 saturated heterocycles. The van der Waals surface area contributed by atoms with Gasteiger partial charge in [0, 0.05) is 11.6 Å². The summed E-state index contributed by atoms with van der Waals surface area (Å²) in [5.41, 5.74) is 4.94. The van der Waals surface area contributed by atoms with Gasteiger partial charge in [-0.3, -0.25) is 0 Å². The van der Waals surface area contributed by atoms with Crippen LogP contribution in [0.1, 0.15) is 36.8 Å². The number of ether oxygens (including phenoxy) is 1. The molecule has 98 valence electrons. The Morgan fingerprint density at radius 1 is 1.32 bits per heavy atom. The highest BCUT2D eigenvalue weighted by molar-refractivity contribution is 5.60. The smallest absolute Gasteiger partial charge is 0.124 e. The van der Waals surface area contributed by atoms with Gasteiger partial charge < -0.3 is 10.1 Å². The zero-order valence-electron chi connectivity index (χ0n) is 11.1. The molecule has 0 amide bonds. The number of benzene rings is 1. The molecule has 3 atom stereocenters. The molecule has 0 saturated carbocycles. The van der Waals surface area contributed by atoms with E-state index in [1.807, 2.05) is 0 Å². The average molecular weight is 253 g/mol. The van der Waals surface area contributed by atoms with E-state index in [9.17, 15) is 0 Å². The van der Waals surface area contributed by atoms with E-state index in [0.717, 1.165) is 13.0 Å². The lowest BCUT2D eigenvalue weighted by molar-refractivity contribution is 0.137. The molecule has 1 unspecified atom stereocenters. The minimum atomic E-state index is 0.219. The maximum Gasteiger partial charge on any atom is 0.124 e. The number of rotatable bonds is 0. The van der Waals surface area contributed by atoms with Crippen LogP contribution in [0.15, 0.2) is 29.8 Å². The van der Waals surface area contributed by atoms with Crippen LogP contribution in [0.25, 0.3) is 0 Å². The van der Waals surface area contributed by atoms with Crippen molar-refractivity contribution in [2.24, 2.45) is 0 Å². The molecule has 2 nitrogen and oxygen atoms in total. The lowest BCUT2D eigenvalue weighted by Crippen LogP contribution is -2.50. The van der Waals surface area contributed by atoms with Crippen molar-refractivity contribution in [3.63, 3.8) is 0 Å². The summed E-state index contributed by atoms with van der Waals surface area (Å²) in [6.45, 7) is 1.15. The van der Waals surface area contributed by atoms with Gasteiger partial charge in [-0.05, 0) is 55.9 Å². The van der Waals surface area contributed by atoms with Crippen LogP contribution >= 0.6 is 0 Å². The molecule has 5 rings (SSSR count).